The highest BCUT2D eigenvalue weighted by molar-refractivity contribution is 7.10. The van der Waals surface area contributed by atoms with E-state index in [0.29, 0.717) is 29.2 Å². The number of benzene rings is 1. The minimum Gasteiger partial charge on any atom is -0.507 e. The van der Waals surface area contributed by atoms with Crippen molar-refractivity contribution < 1.29 is 14.6 Å². The fraction of sp³-hybridized carbons (Fsp3) is 0.316. The maximum atomic E-state index is 12.6. The van der Waals surface area contributed by atoms with E-state index in [1.54, 1.807) is 29.5 Å². The molecule has 130 valence electrons. The van der Waals surface area contributed by atoms with E-state index in [-0.39, 0.29) is 11.5 Å². The fourth-order valence-electron chi connectivity index (χ4n) is 3.18. The molecule has 1 fully saturated rings. The fourth-order valence-corrected chi connectivity index (χ4v) is 3.83. The van der Waals surface area contributed by atoms with Gasteiger partial charge in [-0.2, -0.15) is 0 Å². The average molecular weight is 356 g/mol. The lowest BCUT2D eigenvalue weighted by atomic mass is 10.0. The van der Waals surface area contributed by atoms with Gasteiger partial charge in [-0.05, 0) is 30.6 Å². The molecule has 2 aromatic rings. The van der Waals surface area contributed by atoms with Crippen LogP contribution in [0.1, 0.15) is 20.8 Å². The number of thiophene rings is 1. The number of phenols is 1. The number of Topliss-reactive ketones (excluding diaryl/α,β-unsaturated/α-hetero) is 1. The lowest BCUT2D eigenvalue weighted by Crippen LogP contribution is -2.43. The Balaban J connectivity index is 1.62. The number of ether oxygens (including phenoxy) is 1. The zero-order chi connectivity index (χ0) is 17.4. The van der Waals surface area contributed by atoms with Crippen LogP contribution in [0.2, 0.25) is 0 Å². The highest BCUT2D eigenvalue weighted by atomic mass is 32.1. The quantitative estimate of drug-likeness (QED) is 0.857. The second-order valence-corrected chi connectivity index (χ2v) is 7.45. The maximum Gasteiger partial charge on any atom is 0.232 e. The number of rotatable bonds is 3. The van der Waals surface area contributed by atoms with Gasteiger partial charge in [0.15, 0.2) is 5.76 Å². The Bertz CT molecular complexity index is 821. The van der Waals surface area contributed by atoms with Crippen LogP contribution >= 0.6 is 11.3 Å². The summed E-state index contributed by atoms with van der Waals surface area (Å²) in [4.78, 5) is 18.2. The number of phenolic OH excluding ortho intramolecular Hbond substituents is 1. The number of piperazine rings is 1. The molecule has 5 nitrogen and oxygen atoms in total. The number of carbonyl (C=O) groups is 1. The third kappa shape index (κ3) is 3.20. The number of aromatic hydroxyl groups is 1. The Kier molecular flexibility index (Phi) is 4.33. The van der Waals surface area contributed by atoms with Gasteiger partial charge in [0, 0.05) is 43.7 Å². The normalized spacial score (nSPS) is 20.0. The standard InChI is InChI=1S/C19H20N2O3S/c1-20-6-8-21(9-7-20)12-15-16(22)5-4-14-18(23)17(24-19(14)15)11-13-3-2-10-25-13/h2-5,10-11,22H,6-9,12H2,1H3/b17-11+. The van der Waals surface area contributed by atoms with E-state index in [1.165, 1.54) is 0 Å². The molecule has 0 radical (unpaired) electrons. The monoisotopic (exact) mass is 356 g/mol. The number of nitrogens with zero attached hydrogens (tertiary/aromatic N) is 2. The van der Waals surface area contributed by atoms with Crippen molar-refractivity contribution in [2.75, 3.05) is 33.2 Å². The van der Waals surface area contributed by atoms with Gasteiger partial charge in [-0.25, -0.2) is 0 Å². The predicted octanol–water partition coefficient (Wildman–Crippen LogP) is 2.82. The van der Waals surface area contributed by atoms with Crippen LogP contribution in [0.5, 0.6) is 11.5 Å². The summed E-state index contributed by atoms with van der Waals surface area (Å²) in [6.07, 6.45) is 1.77. The van der Waals surface area contributed by atoms with E-state index in [2.05, 4.69) is 16.8 Å². The number of hydrogen-bond donors (Lipinski definition) is 1. The molecule has 0 unspecified atom stereocenters. The zero-order valence-corrected chi connectivity index (χ0v) is 14.9. The third-order valence-corrected chi connectivity index (χ3v) is 5.53. The van der Waals surface area contributed by atoms with Gasteiger partial charge in [0.1, 0.15) is 11.5 Å². The minimum absolute atomic E-state index is 0.122. The summed E-state index contributed by atoms with van der Waals surface area (Å²) < 4.78 is 5.89. The zero-order valence-electron chi connectivity index (χ0n) is 14.1. The summed E-state index contributed by atoms with van der Waals surface area (Å²) >= 11 is 1.56. The van der Waals surface area contributed by atoms with E-state index in [9.17, 15) is 9.90 Å². The molecule has 0 saturated carbocycles. The number of allylic oxidation sites excluding steroid dienone is 1. The Labute approximate surface area is 150 Å². The molecule has 2 aliphatic rings. The molecule has 0 aliphatic carbocycles. The third-order valence-electron chi connectivity index (χ3n) is 4.71. The second-order valence-electron chi connectivity index (χ2n) is 6.47. The van der Waals surface area contributed by atoms with E-state index in [0.717, 1.165) is 31.1 Å². The molecule has 1 N–H and O–H groups in total. The number of fused-ring (bicyclic) bond motifs is 1. The summed E-state index contributed by atoms with van der Waals surface area (Å²) in [5.74, 6) is 0.889. The first-order valence-electron chi connectivity index (χ1n) is 8.35. The lowest BCUT2D eigenvalue weighted by Gasteiger charge is -2.32. The molecule has 1 aromatic heterocycles. The van der Waals surface area contributed by atoms with Gasteiger partial charge in [0.2, 0.25) is 5.78 Å². The average Bonchev–Trinajstić information content (AvgIpc) is 3.22. The lowest BCUT2D eigenvalue weighted by molar-refractivity contribution is 0.101. The molecule has 0 spiro atoms. The van der Waals surface area contributed by atoms with Crippen LogP contribution in [0.15, 0.2) is 35.4 Å². The van der Waals surface area contributed by atoms with Crippen LogP contribution in [0.3, 0.4) is 0 Å². The first-order valence-corrected chi connectivity index (χ1v) is 9.23. The summed E-state index contributed by atoms with van der Waals surface area (Å²) in [5, 5.41) is 12.3. The van der Waals surface area contributed by atoms with Gasteiger partial charge in [-0.3, -0.25) is 9.69 Å². The summed E-state index contributed by atoms with van der Waals surface area (Å²) in [6, 6.07) is 7.13. The van der Waals surface area contributed by atoms with E-state index >= 15 is 0 Å². The second kappa shape index (κ2) is 6.63. The smallest absolute Gasteiger partial charge is 0.232 e. The Morgan fingerprint density at radius 2 is 2.04 bits per heavy atom. The predicted molar refractivity (Wildman–Crippen MR) is 98.1 cm³/mol. The molecule has 2 aliphatic heterocycles. The van der Waals surface area contributed by atoms with Gasteiger partial charge >= 0.3 is 0 Å². The molecule has 1 saturated heterocycles. The number of likely N-dealkylation sites (N-methyl/N-ethyl adjacent to an activating group) is 1. The van der Waals surface area contributed by atoms with Gasteiger partial charge in [0.05, 0.1) is 11.1 Å². The van der Waals surface area contributed by atoms with Crippen molar-refractivity contribution in [2.45, 2.75) is 6.54 Å². The largest absolute Gasteiger partial charge is 0.507 e. The molecular weight excluding hydrogens is 336 g/mol. The number of ketones is 1. The van der Waals surface area contributed by atoms with Gasteiger partial charge < -0.3 is 14.7 Å². The van der Waals surface area contributed by atoms with Crippen molar-refractivity contribution in [1.82, 2.24) is 9.80 Å². The van der Waals surface area contributed by atoms with Crippen LogP contribution in [0.4, 0.5) is 0 Å². The topological polar surface area (TPSA) is 53.0 Å². The molecule has 0 atom stereocenters. The molecule has 0 amide bonds. The van der Waals surface area contributed by atoms with Gasteiger partial charge in [0.25, 0.3) is 0 Å². The Morgan fingerprint density at radius 1 is 1.24 bits per heavy atom. The highest BCUT2D eigenvalue weighted by Gasteiger charge is 2.32. The van der Waals surface area contributed by atoms with Crippen LogP contribution < -0.4 is 4.74 Å². The molecule has 6 heteroatoms. The van der Waals surface area contributed by atoms with Crippen LogP contribution in [-0.4, -0.2) is 53.9 Å². The number of hydrogen-bond acceptors (Lipinski definition) is 6. The van der Waals surface area contributed by atoms with Crippen LogP contribution in [-0.2, 0) is 6.54 Å². The summed E-state index contributed by atoms with van der Waals surface area (Å²) in [6.45, 7) is 4.46. The molecule has 25 heavy (non-hydrogen) atoms. The van der Waals surface area contributed by atoms with Crippen molar-refractivity contribution in [3.05, 3.63) is 51.4 Å². The Hall–Kier alpha value is -2.15. The van der Waals surface area contributed by atoms with Crippen molar-refractivity contribution in [1.29, 1.82) is 0 Å². The molecule has 4 rings (SSSR count). The molecule has 3 heterocycles. The minimum atomic E-state index is -0.122. The van der Waals surface area contributed by atoms with Crippen molar-refractivity contribution in [2.24, 2.45) is 0 Å². The molecule has 0 bridgehead atoms. The van der Waals surface area contributed by atoms with Crippen molar-refractivity contribution >= 4 is 23.2 Å². The van der Waals surface area contributed by atoms with E-state index < -0.39 is 0 Å². The summed E-state index contributed by atoms with van der Waals surface area (Å²) in [5.41, 5.74) is 1.23. The maximum absolute atomic E-state index is 12.6. The molecule has 1 aromatic carbocycles. The van der Waals surface area contributed by atoms with Crippen LogP contribution in [0.25, 0.3) is 6.08 Å². The Morgan fingerprint density at radius 3 is 2.76 bits per heavy atom. The van der Waals surface area contributed by atoms with E-state index in [1.807, 2.05) is 17.5 Å². The van der Waals surface area contributed by atoms with Crippen LogP contribution in [0, 0.1) is 0 Å². The highest BCUT2D eigenvalue weighted by Crippen LogP contribution is 2.40. The number of carbonyl (C=O) groups excluding carboxylic acids is 1. The van der Waals surface area contributed by atoms with Crippen molar-refractivity contribution in [3.8, 4) is 11.5 Å². The van der Waals surface area contributed by atoms with E-state index in [4.69, 9.17) is 4.74 Å². The van der Waals surface area contributed by atoms with Gasteiger partial charge in [-0.1, -0.05) is 6.07 Å². The first kappa shape index (κ1) is 16.3. The summed E-state index contributed by atoms with van der Waals surface area (Å²) in [7, 11) is 2.11. The molecular formula is C19H20N2O3S. The SMILES string of the molecule is CN1CCN(Cc2c(O)ccc3c2O/C(=C/c2cccs2)C3=O)CC1. The first-order chi connectivity index (χ1) is 12.1. The van der Waals surface area contributed by atoms with Crippen molar-refractivity contribution in [3.63, 3.8) is 0 Å². The van der Waals surface area contributed by atoms with Gasteiger partial charge in [-0.15, -0.1) is 11.3 Å².